The quantitative estimate of drug-likeness (QED) is 0.735. The largest absolute Gasteiger partial charge is 0.316 e. The van der Waals surface area contributed by atoms with Crippen LogP contribution in [0.15, 0.2) is 0 Å². The van der Waals surface area contributed by atoms with Crippen LogP contribution in [0.5, 0.6) is 0 Å². The smallest absolute Gasteiger partial charge is 0.00924 e. The van der Waals surface area contributed by atoms with Gasteiger partial charge in [-0.2, -0.15) is 0 Å². The van der Waals surface area contributed by atoms with E-state index in [9.17, 15) is 0 Å². The van der Waals surface area contributed by atoms with Gasteiger partial charge in [0.2, 0.25) is 0 Å². The van der Waals surface area contributed by atoms with Crippen LogP contribution in [0.4, 0.5) is 0 Å². The zero-order chi connectivity index (χ0) is 13.6. The van der Waals surface area contributed by atoms with Gasteiger partial charge in [-0.1, -0.05) is 45.4 Å². The highest BCUT2D eigenvalue weighted by atomic mass is 15.1. The van der Waals surface area contributed by atoms with Crippen LogP contribution >= 0.6 is 0 Å². The third-order valence-corrected chi connectivity index (χ3v) is 5.45. The molecule has 0 amide bonds. The highest BCUT2D eigenvalue weighted by molar-refractivity contribution is 4.90. The summed E-state index contributed by atoms with van der Waals surface area (Å²) in [4.78, 5) is 2.72. The van der Waals surface area contributed by atoms with Gasteiger partial charge in [0.25, 0.3) is 0 Å². The molecule has 0 saturated heterocycles. The second kappa shape index (κ2) is 7.64. The number of nitrogens with zero attached hydrogens (tertiary/aromatic N) is 1. The Morgan fingerprint density at radius 3 is 2.21 bits per heavy atom. The van der Waals surface area contributed by atoms with Crippen molar-refractivity contribution in [2.45, 2.75) is 77.2 Å². The zero-order valence-corrected chi connectivity index (χ0v) is 13.2. The topological polar surface area (TPSA) is 15.3 Å². The fourth-order valence-corrected chi connectivity index (χ4v) is 4.26. The van der Waals surface area contributed by atoms with E-state index < -0.39 is 0 Å². The molecule has 19 heavy (non-hydrogen) atoms. The van der Waals surface area contributed by atoms with E-state index in [1.165, 1.54) is 77.3 Å². The van der Waals surface area contributed by atoms with Gasteiger partial charge in [-0.15, -0.1) is 0 Å². The number of hydrogen-bond acceptors (Lipinski definition) is 2. The maximum atomic E-state index is 3.62. The van der Waals surface area contributed by atoms with E-state index in [0.29, 0.717) is 5.41 Å². The van der Waals surface area contributed by atoms with Gasteiger partial charge in [-0.3, -0.25) is 0 Å². The van der Waals surface area contributed by atoms with E-state index in [2.05, 4.69) is 24.2 Å². The zero-order valence-electron chi connectivity index (χ0n) is 13.2. The average molecular weight is 266 g/mol. The van der Waals surface area contributed by atoms with Gasteiger partial charge in [0, 0.05) is 19.1 Å². The van der Waals surface area contributed by atoms with Crippen molar-refractivity contribution >= 4 is 0 Å². The molecule has 0 aromatic heterocycles. The van der Waals surface area contributed by atoms with Crippen LogP contribution in [-0.4, -0.2) is 37.6 Å². The molecule has 0 spiro atoms. The number of nitrogens with one attached hydrogen (secondary N) is 1. The van der Waals surface area contributed by atoms with E-state index >= 15 is 0 Å². The highest BCUT2D eigenvalue weighted by Crippen LogP contribution is 2.39. The van der Waals surface area contributed by atoms with Crippen molar-refractivity contribution in [1.82, 2.24) is 10.2 Å². The molecule has 2 rings (SSSR count). The van der Waals surface area contributed by atoms with E-state index in [4.69, 9.17) is 0 Å². The van der Waals surface area contributed by atoms with Crippen LogP contribution < -0.4 is 5.32 Å². The lowest BCUT2D eigenvalue weighted by molar-refractivity contribution is 0.126. The van der Waals surface area contributed by atoms with Gasteiger partial charge in [0.15, 0.2) is 0 Å². The summed E-state index contributed by atoms with van der Waals surface area (Å²) in [5.74, 6) is 0. The second-order valence-corrected chi connectivity index (χ2v) is 7.05. The summed E-state index contributed by atoms with van der Waals surface area (Å²) in [7, 11) is 2.39. The lowest BCUT2D eigenvalue weighted by atomic mass is 9.84. The molecule has 2 aliphatic rings. The maximum absolute atomic E-state index is 3.62. The number of hydrogen-bond donors (Lipinski definition) is 1. The fourth-order valence-electron chi connectivity index (χ4n) is 4.26. The normalized spacial score (nSPS) is 24.8. The minimum atomic E-state index is 0.580. The molecule has 0 radical (unpaired) electrons. The number of rotatable bonds is 6. The minimum absolute atomic E-state index is 0.580. The summed E-state index contributed by atoms with van der Waals surface area (Å²) in [6, 6.07) is 0.863. The first-order valence-corrected chi connectivity index (χ1v) is 8.67. The van der Waals surface area contributed by atoms with E-state index in [0.717, 1.165) is 12.6 Å². The van der Waals surface area contributed by atoms with Crippen LogP contribution in [0.25, 0.3) is 0 Å². The summed E-state index contributed by atoms with van der Waals surface area (Å²) in [6.07, 6.45) is 14.5. The molecular weight excluding hydrogens is 232 g/mol. The lowest BCUT2D eigenvalue weighted by Gasteiger charge is -2.37. The Morgan fingerprint density at radius 2 is 1.63 bits per heavy atom. The van der Waals surface area contributed by atoms with Gasteiger partial charge in [0.05, 0.1) is 0 Å². The Hall–Kier alpha value is -0.0800. The Bertz CT molecular complexity index is 238. The Kier molecular flexibility index (Phi) is 6.15. The van der Waals surface area contributed by atoms with E-state index in [1.54, 1.807) is 0 Å². The monoisotopic (exact) mass is 266 g/mol. The molecule has 2 aliphatic carbocycles. The van der Waals surface area contributed by atoms with Gasteiger partial charge >= 0.3 is 0 Å². The summed E-state index contributed by atoms with van der Waals surface area (Å²) in [6.45, 7) is 5.91. The first-order valence-electron chi connectivity index (χ1n) is 8.67. The van der Waals surface area contributed by atoms with E-state index in [-0.39, 0.29) is 0 Å². The average Bonchev–Trinajstić information content (AvgIpc) is 2.70. The molecule has 2 heteroatoms. The molecule has 0 atom stereocenters. The predicted octanol–water partition coefficient (Wildman–Crippen LogP) is 3.81. The molecule has 0 heterocycles. The SMILES string of the molecule is CCNCC1(CN(C)C2CCCCCC2)CCCC1. The standard InChI is InChI=1S/C17H34N2/c1-3-18-14-17(12-8-9-13-17)15-19(2)16-10-6-4-5-7-11-16/h16,18H,3-15H2,1-2H3. The molecule has 0 bridgehead atoms. The molecule has 2 fully saturated rings. The van der Waals surface area contributed by atoms with Crippen LogP contribution in [0.1, 0.15) is 71.1 Å². The van der Waals surface area contributed by atoms with Crippen molar-refractivity contribution in [3.8, 4) is 0 Å². The fraction of sp³-hybridized carbons (Fsp3) is 1.00. The molecule has 2 nitrogen and oxygen atoms in total. The van der Waals surface area contributed by atoms with Crippen LogP contribution in [0.2, 0.25) is 0 Å². The predicted molar refractivity (Wildman–Crippen MR) is 83.6 cm³/mol. The lowest BCUT2D eigenvalue weighted by Crippen LogP contribution is -2.44. The molecule has 0 aliphatic heterocycles. The Morgan fingerprint density at radius 1 is 1.00 bits per heavy atom. The molecule has 0 unspecified atom stereocenters. The first kappa shape index (κ1) is 15.3. The second-order valence-electron chi connectivity index (χ2n) is 7.05. The van der Waals surface area contributed by atoms with Gasteiger partial charge in [-0.05, 0) is 44.7 Å². The van der Waals surface area contributed by atoms with Crippen LogP contribution in [0.3, 0.4) is 0 Å². The minimum Gasteiger partial charge on any atom is -0.316 e. The Labute approximate surface area is 120 Å². The van der Waals surface area contributed by atoms with Crippen molar-refractivity contribution in [3.63, 3.8) is 0 Å². The van der Waals surface area contributed by atoms with Crippen molar-refractivity contribution in [2.24, 2.45) is 5.41 Å². The van der Waals surface area contributed by atoms with Crippen LogP contribution in [-0.2, 0) is 0 Å². The third kappa shape index (κ3) is 4.46. The van der Waals surface area contributed by atoms with Crippen molar-refractivity contribution in [1.29, 1.82) is 0 Å². The van der Waals surface area contributed by atoms with Gasteiger partial charge in [-0.25, -0.2) is 0 Å². The Balaban J connectivity index is 1.88. The summed E-state index contributed by atoms with van der Waals surface area (Å²) in [5.41, 5.74) is 0.580. The summed E-state index contributed by atoms with van der Waals surface area (Å²) >= 11 is 0. The van der Waals surface area contributed by atoms with Crippen molar-refractivity contribution in [2.75, 3.05) is 26.7 Å². The first-order chi connectivity index (χ1) is 9.26. The molecule has 0 aromatic rings. The highest BCUT2D eigenvalue weighted by Gasteiger charge is 2.35. The molecule has 1 N–H and O–H groups in total. The molecule has 112 valence electrons. The van der Waals surface area contributed by atoms with Crippen LogP contribution in [0, 0.1) is 5.41 Å². The van der Waals surface area contributed by atoms with Gasteiger partial charge in [0.1, 0.15) is 0 Å². The summed E-state index contributed by atoms with van der Waals surface area (Å²) in [5, 5.41) is 3.62. The van der Waals surface area contributed by atoms with E-state index in [1.807, 2.05) is 0 Å². The molecule has 0 aromatic carbocycles. The third-order valence-electron chi connectivity index (χ3n) is 5.45. The molecular formula is C17H34N2. The van der Waals surface area contributed by atoms with Crippen molar-refractivity contribution < 1.29 is 0 Å². The molecule has 2 saturated carbocycles. The van der Waals surface area contributed by atoms with Crippen molar-refractivity contribution in [3.05, 3.63) is 0 Å². The maximum Gasteiger partial charge on any atom is 0.00924 e. The van der Waals surface area contributed by atoms with Gasteiger partial charge < -0.3 is 10.2 Å². The summed E-state index contributed by atoms with van der Waals surface area (Å²) < 4.78 is 0.